The molecule has 0 bridgehead atoms. The fraction of sp³-hybridized carbons (Fsp3) is 0.696. The second kappa shape index (κ2) is 50.2. The van der Waals surface area contributed by atoms with Gasteiger partial charge in [0, 0.05) is 19.3 Å². The van der Waals surface area contributed by atoms with Gasteiger partial charge >= 0.3 is 17.9 Å². The summed E-state index contributed by atoms with van der Waals surface area (Å²) in [5.74, 6) is -0.961. The third-order valence-electron chi connectivity index (χ3n) is 10.6. The third kappa shape index (κ3) is 47.6. The van der Waals surface area contributed by atoms with Crippen molar-refractivity contribution in [1.82, 2.24) is 0 Å². The number of carbonyl (C=O) groups is 3. The number of hydrogen-bond donors (Lipinski definition) is 0. The SMILES string of the molecule is CC/C=C\C/C=C\C/C=C\C/C=C\CCCCC(=O)OC(COC(=O)CCCCCCC/C=C\CCCCC)COC(=O)CCCCCCCCC/C=C\C/C=C\CCCCC. The molecule has 0 aromatic carbocycles. The molecule has 354 valence electrons. The maximum atomic E-state index is 12.8. The smallest absolute Gasteiger partial charge is 0.306 e. The van der Waals surface area contributed by atoms with Crippen molar-refractivity contribution in [1.29, 1.82) is 0 Å². The highest BCUT2D eigenvalue weighted by Crippen LogP contribution is 2.13. The Bertz CT molecular complexity index is 1220. The van der Waals surface area contributed by atoms with Crippen molar-refractivity contribution < 1.29 is 28.6 Å². The molecule has 0 aromatic heterocycles. The molecule has 0 aliphatic rings. The van der Waals surface area contributed by atoms with Crippen LogP contribution in [-0.4, -0.2) is 37.2 Å². The van der Waals surface area contributed by atoms with Crippen molar-refractivity contribution in [3.63, 3.8) is 0 Å². The summed E-state index contributed by atoms with van der Waals surface area (Å²) in [4.78, 5) is 37.9. The molecule has 0 saturated carbocycles. The van der Waals surface area contributed by atoms with E-state index in [0.29, 0.717) is 19.3 Å². The molecule has 0 aromatic rings. The highest BCUT2D eigenvalue weighted by atomic mass is 16.6. The minimum Gasteiger partial charge on any atom is -0.462 e. The summed E-state index contributed by atoms with van der Waals surface area (Å²) in [6.45, 7) is 6.42. The van der Waals surface area contributed by atoms with Crippen LogP contribution in [0.3, 0.4) is 0 Å². The van der Waals surface area contributed by atoms with Crippen LogP contribution in [0.5, 0.6) is 0 Å². The molecule has 1 atom stereocenters. The fourth-order valence-corrected chi connectivity index (χ4v) is 6.75. The molecule has 0 aliphatic carbocycles. The molecule has 1 unspecified atom stereocenters. The lowest BCUT2D eigenvalue weighted by molar-refractivity contribution is -0.167. The molecule has 0 saturated heterocycles. The zero-order valence-corrected chi connectivity index (χ0v) is 40.4. The summed E-state index contributed by atoms with van der Waals surface area (Å²) in [6, 6.07) is 0. The van der Waals surface area contributed by atoms with Crippen molar-refractivity contribution in [2.75, 3.05) is 13.2 Å². The van der Waals surface area contributed by atoms with Gasteiger partial charge in [-0.1, -0.05) is 183 Å². The second-order valence-electron chi connectivity index (χ2n) is 16.7. The van der Waals surface area contributed by atoms with Gasteiger partial charge in [-0.25, -0.2) is 0 Å². The van der Waals surface area contributed by atoms with E-state index in [1.54, 1.807) is 0 Å². The van der Waals surface area contributed by atoms with Gasteiger partial charge < -0.3 is 14.2 Å². The van der Waals surface area contributed by atoms with Crippen LogP contribution < -0.4 is 0 Å². The van der Waals surface area contributed by atoms with E-state index in [-0.39, 0.29) is 37.5 Å². The van der Waals surface area contributed by atoms with Crippen LogP contribution in [0.15, 0.2) is 85.1 Å². The number of allylic oxidation sites excluding steroid dienone is 14. The molecule has 62 heavy (non-hydrogen) atoms. The quantitative estimate of drug-likeness (QED) is 0.0263. The minimum atomic E-state index is -0.804. The van der Waals surface area contributed by atoms with Crippen molar-refractivity contribution in [3.8, 4) is 0 Å². The molecular weight excluding hydrogens is 769 g/mol. The Balaban J connectivity index is 4.47. The van der Waals surface area contributed by atoms with Gasteiger partial charge in [0.15, 0.2) is 6.10 Å². The zero-order chi connectivity index (χ0) is 45.1. The number of rotatable bonds is 45. The first-order valence-corrected chi connectivity index (χ1v) is 25.6. The molecule has 6 nitrogen and oxygen atoms in total. The number of carbonyl (C=O) groups excluding carboxylic acids is 3. The largest absolute Gasteiger partial charge is 0.462 e. The number of hydrogen-bond acceptors (Lipinski definition) is 6. The predicted octanol–water partition coefficient (Wildman–Crippen LogP) is 16.8. The minimum absolute atomic E-state index is 0.101. The van der Waals surface area contributed by atoms with Crippen LogP contribution in [0.25, 0.3) is 0 Å². The van der Waals surface area contributed by atoms with Crippen LogP contribution >= 0.6 is 0 Å². The first-order valence-electron chi connectivity index (χ1n) is 25.6. The van der Waals surface area contributed by atoms with E-state index >= 15 is 0 Å². The summed E-state index contributed by atoms with van der Waals surface area (Å²) in [6.07, 6.45) is 64.2. The predicted molar refractivity (Wildman–Crippen MR) is 265 cm³/mol. The molecule has 0 N–H and O–H groups in total. The van der Waals surface area contributed by atoms with E-state index in [1.807, 2.05) is 0 Å². The first kappa shape index (κ1) is 58.6. The van der Waals surface area contributed by atoms with Gasteiger partial charge in [0.2, 0.25) is 0 Å². The van der Waals surface area contributed by atoms with Gasteiger partial charge in [0.1, 0.15) is 13.2 Å². The van der Waals surface area contributed by atoms with Crippen molar-refractivity contribution in [2.45, 2.75) is 239 Å². The van der Waals surface area contributed by atoms with Crippen molar-refractivity contribution in [2.24, 2.45) is 0 Å². The Kier molecular flexibility index (Phi) is 47.5. The van der Waals surface area contributed by atoms with Crippen molar-refractivity contribution >= 4 is 17.9 Å². The number of esters is 3. The number of ether oxygens (including phenoxy) is 3. The number of unbranched alkanes of at least 4 members (excludes halogenated alkanes) is 20. The van der Waals surface area contributed by atoms with Gasteiger partial charge in [0.05, 0.1) is 0 Å². The Morgan fingerprint density at radius 3 is 1.03 bits per heavy atom. The van der Waals surface area contributed by atoms with Gasteiger partial charge in [-0.15, -0.1) is 0 Å². The molecular formula is C56H94O6. The van der Waals surface area contributed by atoms with Gasteiger partial charge in [0.25, 0.3) is 0 Å². The molecule has 0 fully saturated rings. The molecule has 0 aliphatic heterocycles. The Hall–Kier alpha value is -3.41. The second-order valence-corrected chi connectivity index (χ2v) is 16.7. The summed E-state index contributed by atoms with van der Waals surface area (Å²) in [5, 5.41) is 0. The average molecular weight is 863 g/mol. The Labute approximate surface area is 382 Å². The molecule has 0 radical (unpaired) electrons. The maximum absolute atomic E-state index is 12.8. The van der Waals surface area contributed by atoms with Crippen molar-refractivity contribution in [3.05, 3.63) is 85.1 Å². The van der Waals surface area contributed by atoms with Crippen LogP contribution in [0.1, 0.15) is 233 Å². The van der Waals surface area contributed by atoms with E-state index in [1.165, 1.54) is 83.5 Å². The monoisotopic (exact) mass is 863 g/mol. The zero-order valence-electron chi connectivity index (χ0n) is 40.4. The van der Waals surface area contributed by atoms with Gasteiger partial charge in [-0.2, -0.15) is 0 Å². The molecule has 0 amide bonds. The normalized spacial score (nSPS) is 12.8. The van der Waals surface area contributed by atoms with E-state index in [0.717, 1.165) is 103 Å². The van der Waals surface area contributed by atoms with E-state index in [2.05, 4.69) is 106 Å². The average Bonchev–Trinajstić information content (AvgIpc) is 3.27. The maximum Gasteiger partial charge on any atom is 0.306 e. The van der Waals surface area contributed by atoms with Gasteiger partial charge in [-0.05, 0) is 116 Å². The van der Waals surface area contributed by atoms with Crippen LogP contribution in [0, 0.1) is 0 Å². The van der Waals surface area contributed by atoms with Gasteiger partial charge in [-0.3, -0.25) is 14.4 Å². The van der Waals surface area contributed by atoms with Crippen LogP contribution in [0.2, 0.25) is 0 Å². The third-order valence-corrected chi connectivity index (χ3v) is 10.6. The molecule has 0 heterocycles. The lowest BCUT2D eigenvalue weighted by Crippen LogP contribution is -2.30. The lowest BCUT2D eigenvalue weighted by Gasteiger charge is -2.18. The van der Waals surface area contributed by atoms with E-state index in [9.17, 15) is 14.4 Å². The molecule has 0 rings (SSSR count). The fourth-order valence-electron chi connectivity index (χ4n) is 6.75. The highest BCUT2D eigenvalue weighted by Gasteiger charge is 2.19. The molecule has 6 heteroatoms. The lowest BCUT2D eigenvalue weighted by atomic mass is 10.1. The standard InChI is InChI=1S/C56H94O6/c1-4-7-10-13-16-19-22-25-27-28-30-31-34-37-40-43-46-49-55(58)61-52-53(51-60-54(57)48-45-42-39-36-33-24-21-18-15-12-9-6-3)62-56(59)50-47-44-41-38-35-32-29-26-23-20-17-14-11-8-5-2/h8,11,16-21,25-27,29,35,38,53H,4-7,9-10,12-15,22-24,28,30-34,36-37,39-52H2,1-3H3/b11-8-,19-16-,20-17-,21-18-,27-25-,29-26-,38-35-. The van der Waals surface area contributed by atoms with E-state index < -0.39 is 6.10 Å². The Morgan fingerprint density at radius 2 is 0.629 bits per heavy atom. The molecule has 0 spiro atoms. The van der Waals surface area contributed by atoms with Crippen LogP contribution in [-0.2, 0) is 28.6 Å². The van der Waals surface area contributed by atoms with Crippen LogP contribution in [0.4, 0.5) is 0 Å². The summed E-state index contributed by atoms with van der Waals surface area (Å²) >= 11 is 0. The topological polar surface area (TPSA) is 78.9 Å². The van der Waals surface area contributed by atoms with E-state index in [4.69, 9.17) is 14.2 Å². The summed E-state index contributed by atoms with van der Waals surface area (Å²) in [7, 11) is 0. The highest BCUT2D eigenvalue weighted by molar-refractivity contribution is 5.71. The summed E-state index contributed by atoms with van der Waals surface area (Å²) < 4.78 is 16.7. The Morgan fingerprint density at radius 1 is 0.339 bits per heavy atom. The first-order chi connectivity index (χ1) is 30.5. The summed E-state index contributed by atoms with van der Waals surface area (Å²) in [5.41, 5.74) is 0.